The Balaban J connectivity index is 1.71. The molecule has 3 heterocycles. The highest BCUT2D eigenvalue weighted by Gasteiger charge is 2.34. The smallest absolute Gasteiger partial charge is 0.271 e. The van der Waals surface area contributed by atoms with Crippen molar-refractivity contribution in [2.45, 2.75) is 12.5 Å². The Hall–Kier alpha value is -3.49. The summed E-state index contributed by atoms with van der Waals surface area (Å²) in [5.74, 6) is -1.44. The second-order valence-corrected chi connectivity index (χ2v) is 6.30. The number of rotatable bonds is 3. The van der Waals surface area contributed by atoms with Crippen molar-refractivity contribution in [2.75, 3.05) is 13.1 Å². The molecule has 2 aromatic heterocycles. The second-order valence-electron chi connectivity index (χ2n) is 6.30. The number of nitrogens with zero attached hydrogens (tertiary/aromatic N) is 2. The van der Waals surface area contributed by atoms with E-state index in [0.717, 1.165) is 6.07 Å². The van der Waals surface area contributed by atoms with Crippen LogP contribution in [-0.4, -0.2) is 50.8 Å². The lowest BCUT2D eigenvalue weighted by molar-refractivity contribution is -0.127. The minimum absolute atomic E-state index is 0.0278. The van der Waals surface area contributed by atoms with Crippen molar-refractivity contribution >= 4 is 22.7 Å². The van der Waals surface area contributed by atoms with Crippen LogP contribution in [0.15, 0.2) is 41.6 Å². The van der Waals surface area contributed by atoms with E-state index < -0.39 is 23.2 Å². The molecule has 1 atom stereocenters. The molecule has 138 valence electrons. The molecule has 1 saturated heterocycles. The molecule has 1 aliphatic heterocycles. The third-order valence-corrected chi connectivity index (χ3v) is 4.60. The van der Waals surface area contributed by atoms with Crippen molar-refractivity contribution in [1.82, 2.24) is 25.2 Å². The third kappa shape index (κ3) is 3.07. The fourth-order valence-corrected chi connectivity index (χ4v) is 3.27. The molecule has 3 aromatic rings. The van der Waals surface area contributed by atoms with Crippen LogP contribution in [0.3, 0.4) is 0 Å². The number of pyridine rings is 1. The zero-order chi connectivity index (χ0) is 19.0. The summed E-state index contributed by atoms with van der Waals surface area (Å²) in [6, 6.07) is 4.52. The van der Waals surface area contributed by atoms with E-state index >= 15 is 0 Å². The number of para-hydroxylation sites is 1. The Kier molecular flexibility index (Phi) is 4.19. The molecule has 8 nitrogen and oxygen atoms in total. The predicted molar refractivity (Wildman–Crippen MR) is 94.7 cm³/mol. The summed E-state index contributed by atoms with van der Waals surface area (Å²) in [7, 11) is 0. The number of halogens is 1. The quantitative estimate of drug-likeness (QED) is 0.627. The number of piperazine rings is 1. The molecule has 1 fully saturated rings. The van der Waals surface area contributed by atoms with Crippen LogP contribution in [0.25, 0.3) is 10.9 Å². The maximum Gasteiger partial charge on any atom is 0.271 e. The molecule has 4 rings (SSSR count). The van der Waals surface area contributed by atoms with Crippen LogP contribution < -0.4 is 10.7 Å². The SMILES string of the molecule is O=C1NCCN(C(=O)c2cc(=O)c3cccc(F)c3[nH]2)C1Cc1cnc[nH]1. The van der Waals surface area contributed by atoms with Gasteiger partial charge < -0.3 is 20.2 Å². The van der Waals surface area contributed by atoms with Gasteiger partial charge in [-0.05, 0) is 12.1 Å². The number of amides is 2. The average molecular weight is 369 g/mol. The highest BCUT2D eigenvalue weighted by atomic mass is 19.1. The summed E-state index contributed by atoms with van der Waals surface area (Å²) in [5.41, 5.74) is 0.160. The highest BCUT2D eigenvalue weighted by Crippen LogP contribution is 2.16. The fourth-order valence-electron chi connectivity index (χ4n) is 3.27. The fraction of sp³-hybridized carbons (Fsp3) is 0.222. The van der Waals surface area contributed by atoms with Crippen LogP contribution in [0.2, 0.25) is 0 Å². The molecule has 3 N–H and O–H groups in total. The molecule has 0 radical (unpaired) electrons. The molecular formula is C18H16FN5O3. The number of carbonyl (C=O) groups is 2. The molecule has 0 aliphatic carbocycles. The van der Waals surface area contributed by atoms with E-state index in [-0.39, 0.29) is 35.5 Å². The number of carbonyl (C=O) groups excluding carboxylic acids is 2. The summed E-state index contributed by atoms with van der Waals surface area (Å²) < 4.78 is 14.1. The average Bonchev–Trinajstić information content (AvgIpc) is 3.17. The van der Waals surface area contributed by atoms with Crippen LogP contribution in [0.1, 0.15) is 16.2 Å². The Morgan fingerprint density at radius 3 is 2.96 bits per heavy atom. The van der Waals surface area contributed by atoms with E-state index in [2.05, 4.69) is 20.3 Å². The lowest BCUT2D eigenvalue weighted by Gasteiger charge is -2.34. The Morgan fingerprint density at radius 1 is 1.33 bits per heavy atom. The minimum Gasteiger partial charge on any atom is -0.353 e. The van der Waals surface area contributed by atoms with Crippen molar-refractivity contribution in [2.24, 2.45) is 0 Å². The predicted octanol–water partition coefficient (Wildman–Crippen LogP) is 0.574. The number of imidazole rings is 1. The molecule has 9 heteroatoms. The first-order valence-corrected chi connectivity index (χ1v) is 8.42. The summed E-state index contributed by atoms with van der Waals surface area (Å²) in [6.45, 7) is 0.580. The van der Waals surface area contributed by atoms with E-state index in [1.54, 1.807) is 6.20 Å². The number of fused-ring (bicyclic) bond motifs is 1. The van der Waals surface area contributed by atoms with Crippen LogP contribution in [0, 0.1) is 5.82 Å². The van der Waals surface area contributed by atoms with Gasteiger partial charge in [0.1, 0.15) is 17.6 Å². The van der Waals surface area contributed by atoms with Gasteiger partial charge in [-0.3, -0.25) is 14.4 Å². The molecule has 0 spiro atoms. The number of aromatic amines is 2. The number of benzene rings is 1. The maximum atomic E-state index is 14.1. The monoisotopic (exact) mass is 369 g/mol. The summed E-state index contributed by atoms with van der Waals surface area (Å²) in [5, 5.41) is 2.90. The van der Waals surface area contributed by atoms with Gasteiger partial charge in [-0.25, -0.2) is 9.37 Å². The number of hydrogen-bond donors (Lipinski definition) is 3. The van der Waals surface area contributed by atoms with Crippen LogP contribution in [-0.2, 0) is 11.2 Å². The topological polar surface area (TPSA) is 111 Å². The summed E-state index contributed by atoms with van der Waals surface area (Å²) >= 11 is 0. The molecule has 1 aliphatic rings. The van der Waals surface area contributed by atoms with Crippen LogP contribution >= 0.6 is 0 Å². The first-order chi connectivity index (χ1) is 13.0. The Labute approximate surface area is 152 Å². The van der Waals surface area contributed by atoms with Crippen molar-refractivity contribution in [3.63, 3.8) is 0 Å². The van der Waals surface area contributed by atoms with E-state index in [1.807, 2.05) is 0 Å². The van der Waals surface area contributed by atoms with Gasteiger partial charge in [0.15, 0.2) is 5.43 Å². The van der Waals surface area contributed by atoms with Gasteiger partial charge in [0.05, 0.1) is 11.8 Å². The zero-order valence-electron chi connectivity index (χ0n) is 14.2. The molecular weight excluding hydrogens is 353 g/mol. The minimum atomic E-state index is -0.758. The largest absolute Gasteiger partial charge is 0.353 e. The lowest BCUT2D eigenvalue weighted by atomic mass is 10.1. The number of hydrogen-bond acceptors (Lipinski definition) is 4. The normalized spacial score (nSPS) is 17.1. The standard InChI is InChI=1S/C18H16FN5O3/c19-12-3-1-2-11-15(25)7-13(23-16(11)12)18(27)24-5-4-21-17(26)14(24)6-10-8-20-9-22-10/h1-3,7-9,14H,4-6H2,(H,20,22)(H,21,26)(H,23,25). The molecule has 1 aromatic carbocycles. The Bertz CT molecular complexity index is 1080. The van der Waals surface area contributed by atoms with Crippen molar-refractivity contribution < 1.29 is 14.0 Å². The Morgan fingerprint density at radius 2 is 2.19 bits per heavy atom. The van der Waals surface area contributed by atoms with Crippen LogP contribution in [0.4, 0.5) is 4.39 Å². The summed E-state index contributed by atoms with van der Waals surface area (Å²) in [4.78, 5) is 48.6. The molecule has 1 unspecified atom stereocenters. The van der Waals surface area contributed by atoms with Gasteiger partial charge in [-0.15, -0.1) is 0 Å². The van der Waals surface area contributed by atoms with E-state index in [1.165, 1.54) is 29.4 Å². The van der Waals surface area contributed by atoms with Gasteiger partial charge in [0.25, 0.3) is 5.91 Å². The van der Waals surface area contributed by atoms with Crippen LogP contribution in [0.5, 0.6) is 0 Å². The zero-order valence-corrected chi connectivity index (χ0v) is 14.2. The van der Waals surface area contributed by atoms with Gasteiger partial charge in [0, 0.05) is 42.9 Å². The third-order valence-electron chi connectivity index (χ3n) is 4.60. The maximum absolute atomic E-state index is 14.1. The molecule has 0 bridgehead atoms. The molecule has 2 amide bonds. The van der Waals surface area contributed by atoms with E-state index in [0.29, 0.717) is 12.2 Å². The van der Waals surface area contributed by atoms with Gasteiger partial charge in [-0.1, -0.05) is 6.07 Å². The number of H-pyrrole nitrogens is 2. The first-order valence-electron chi connectivity index (χ1n) is 8.42. The summed E-state index contributed by atoms with van der Waals surface area (Å²) in [6.07, 6.45) is 3.33. The van der Waals surface area contributed by atoms with Crippen molar-refractivity contribution in [3.05, 3.63) is 64.2 Å². The van der Waals surface area contributed by atoms with Gasteiger partial charge >= 0.3 is 0 Å². The van der Waals surface area contributed by atoms with Crippen molar-refractivity contribution in [3.8, 4) is 0 Å². The van der Waals surface area contributed by atoms with E-state index in [4.69, 9.17) is 0 Å². The van der Waals surface area contributed by atoms with E-state index in [9.17, 15) is 18.8 Å². The number of aromatic nitrogens is 3. The van der Waals surface area contributed by atoms with Crippen molar-refractivity contribution in [1.29, 1.82) is 0 Å². The highest BCUT2D eigenvalue weighted by molar-refractivity contribution is 5.98. The molecule has 0 saturated carbocycles. The first kappa shape index (κ1) is 17.0. The van der Waals surface area contributed by atoms with Gasteiger partial charge in [-0.2, -0.15) is 0 Å². The second kappa shape index (κ2) is 6.67. The number of nitrogens with one attached hydrogen (secondary N) is 3. The molecule has 27 heavy (non-hydrogen) atoms. The lowest BCUT2D eigenvalue weighted by Crippen LogP contribution is -2.58. The van der Waals surface area contributed by atoms with Gasteiger partial charge in [0.2, 0.25) is 5.91 Å².